The Kier molecular flexibility index (Phi) is 3.86. The van der Waals surface area contributed by atoms with Crippen LogP contribution < -0.4 is 5.84 Å². The van der Waals surface area contributed by atoms with Crippen molar-refractivity contribution in [3.05, 3.63) is 5.82 Å². The van der Waals surface area contributed by atoms with Crippen molar-refractivity contribution in [2.24, 2.45) is 0 Å². The molecule has 96 valence electrons. The fraction of sp³-hybridized carbons (Fsp3) is 0.571. The number of alkyl halides is 3. The number of aromatic nitrogens is 3. The van der Waals surface area contributed by atoms with Gasteiger partial charge in [-0.05, 0) is 0 Å². The van der Waals surface area contributed by atoms with Gasteiger partial charge in [-0.1, -0.05) is 11.8 Å². The van der Waals surface area contributed by atoms with Crippen molar-refractivity contribution in [3.8, 4) is 0 Å². The minimum atomic E-state index is -4.66. The van der Waals surface area contributed by atoms with Crippen molar-refractivity contribution in [1.82, 2.24) is 19.8 Å². The Hall–Kier alpha value is -1.45. The molecular formula is C7H10F3N5OS. The van der Waals surface area contributed by atoms with Crippen molar-refractivity contribution in [2.75, 3.05) is 25.7 Å². The number of hydrogen-bond acceptors (Lipinski definition) is 5. The van der Waals surface area contributed by atoms with Crippen LogP contribution in [-0.2, 0) is 11.0 Å². The number of nitrogen functional groups attached to an aromatic ring is 1. The maximum Gasteiger partial charge on any atom is 0.453 e. The van der Waals surface area contributed by atoms with Gasteiger partial charge in [-0.3, -0.25) is 4.79 Å². The van der Waals surface area contributed by atoms with Crippen LogP contribution in [0.5, 0.6) is 0 Å². The minimum Gasteiger partial charge on any atom is -0.348 e. The zero-order chi connectivity index (χ0) is 13.2. The summed E-state index contributed by atoms with van der Waals surface area (Å²) >= 11 is 0.794. The van der Waals surface area contributed by atoms with Gasteiger partial charge in [0.15, 0.2) is 0 Å². The van der Waals surface area contributed by atoms with Gasteiger partial charge in [0.05, 0.1) is 5.75 Å². The lowest BCUT2D eigenvalue weighted by Gasteiger charge is -2.09. The average molecular weight is 269 g/mol. The van der Waals surface area contributed by atoms with E-state index in [1.54, 1.807) is 0 Å². The first-order valence-corrected chi connectivity index (χ1v) is 5.32. The van der Waals surface area contributed by atoms with E-state index in [0.717, 1.165) is 11.8 Å². The molecule has 0 aliphatic rings. The summed E-state index contributed by atoms with van der Waals surface area (Å²) in [5.41, 5.74) is 0. The summed E-state index contributed by atoms with van der Waals surface area (Å²) in [5, 5.41) is 6.04. The molecule has 0 aromatic carbocycles. The number of amides is 1. The van der Waals surface area contributed by atoms with Gasteiger partial charge in [0.1, 0.15) is 0 Å². The summed E-state index contributed by atoms with van der Waals surface area (Å²) in [4.78, 5) is 12.5. The third-order valence-electron chi connectivity index (χ3n) is 1.74. The molecule has 0 unspecified atom stereocenters. The van der Waals surface area contributed by atoms with E-state index in [2.05, 4.69) is 10.2 Å². The van der Waals surface area contributed by atoms with Crippen LogP contribution in [0.4, 0.5) is 13.2 Å². The van der Waals surface area contributed by atoms with Crippen molar-refractivity contribution in [2.45, 2.75) is 11.3 Å². The van der Waals surface area contributed by atoms with Crippen LogP contribution in [0, 0.1) is 0 Å². The van der Waals surface area contributed by atoms with Crippen LogP contribution in [0.1, 0.15) is 5.82 Å². The predicted molar refractivity (Wildman–Crippen MR) is 54.6 cm³/mol. The average Bonchev–Trinajstić information content (AvgIpc) is 2.55. The summed E-state index contributed by atoms with van der Waals surface area (Å²) in [5.74, 6) is 3.57. The minimum absolute atomic E-state index is 0.0554. The summed E-state index contributed by atoms with van der Waals surface area (Å²) in [6, 6.07) is 0. The standard InChI is InChI=1S/C7H10F3N5OS/c1-14(2)4(16)3-17-6-13-12-5(15(6)11)7(8,9)10/h3,11H2,1-2H3. The number of carbonyl (C=O) groups excluding carboxylic acids is 1. The molecule has 0 aliphatic carbocycles. The van der Waals surface area contributed by atoms with Crippen LogP contribution in [-0.4, -0.2) is 45.5 Å². The highest BCUT2D eigenvalue weighted by Crippen LogP contribution is 2.28. The van der Waals surface area contributed by atoms with Gasteiger partial charge in [0, 0.05) is 14.1 Å². The number of halogens is 3. The van der Waals surface area contributed by atoms with Crippen molar-refractivity contribution in [3.63, 3.8) is 0 Å². The lowest BCUT2D eigenvalue weighted by atomic mass is 10.6. The van der Waals surface area contributed by atoms with E-state index in [9.17, 15) is 18.0 Å². The molecule has 1 aromatic rings. The number of hydrogen-bond donors (Lipinski definition) is 1. The van der Waals surface area contributed by atoms with E-state index >= 15 is 0 Å². The first-order chi connectivity index (χ1) is 7.73. The Bertz CT molecular complexity index is 416. The highest BCUT2D eigenvalue weighted by atomic mass is 32.2. The van der Waals surface area contributed by atoms with E-state index in [-0.39, 0.29) is 16.8 Å². The first kappa shape index (κ1) is 13.6. The first-order valence-electron chi connectivity index (χ1n) is 4.34. The maximum atomic E-state index is 12.3. The second-order valence-electron chi connectivity index (χ2n) is 3.25. The molecule has 1 rings (SSSR count). The topological polar surface area (TPSA) is 77.0 Å². The molecule has 1 amide bonds. The van der Waals surface area contributed by atoms with Crippen LogP contribution >= 0.6 is 11.8 Å². The molecule has 10 heteroatoms. The highest BCUT2D eigenvalue weighted by molar-refractivity contribution is 7.99. The van der Waals surface area contributed by atoms with Crippen molar-refractivity contribution >= 4 is 17.7 Å². The van der Waals surface area contributed by atoms with E-state index in [1.165, 1.54) is 19.0 Å². The molecule has 0 radical (unpaired) electrons. The number of rotatable bonds is 3. The highest BCUT2D eigenvalue weighted by Gasteiger charge is 2.38. The van der Waals surface area contributed by atoms with Gasteiger partial charge in [0.2, 0.25) is 11.1 Å². The third-order valence-corrected chi connectivity index (χ3v) is 2.67. The Balaban J connectivity index is 2.75. The van der Waals surface area contributed by atoms with E-state index < -0.39 is 12.0 Å². The monoisotopic (exact) mass is 269 g/mol. The number of nitrogens with two attached hydrogens (primary N) is 1. The number of carbonyl (C=O) groups is 1. The van der Waals surface area contributed by atoms with Crippen LogP contribution in [0.25, 0.3) is 0 Å². The molecule has 0 saturated carbocycles. The Morgan fingerprint density at radius 2 is 2.06 bits per heavy atom. The maximum absolute atomic E-state index is 12.3. The van der Waals surface area contributed by atoms with Crippen LogP contribution in [0.2, 0.25) is 0 Å². The molecule has 0 aliphatic heterocycles. The molecular weight excluding hydrogens is 259 g/mol. The fourth-order valence-electron chi connectivity index (χ4n) is 0.824. The Morgan fingerprint density at radius 3 is 2.47 bits per heavy atom. The lowest BCUT2D eigenvalue weighted by molar-refractivity contribution is -0.146. The SMILES string of the molecule is CN(C)C(=O)CSc1nnc(C(F)(F)F)n1N. The predicted octanol–water partition coefficient (Wildman–Crippen LogP) is 0.191. The van der Waals surface area contributed by atoms with E-state index in [1.807, 2.05) is 0 Å². The normalized spacial score (nSPS) is 11.6. The quantitative estimate of drug-likeness (QED) is 0.626. The molecule has 0 fully saturated rings. The number of nitrogens with zero attached hydrogens (tertiary/aromatic N) is 4. The Labute approximate surface area is 98.9 Å². The van der Waals surface area contributed by atoms with Crippen LogP contribution in [0.3, 0.4) is 0 Å². The zero-order valence-electron chi connectivity index (χ0n) is 9.02. The van der Waals surface area contributed by atoms with Crippen LogP contribution in [0.15, 0.2) is 5.16 Å². The molecule has 17 heavy (non-hydrogen) atoms. The van der Waals surface area contributed by atoms with Gasteiger partial charge in [-0.25, -0.2) is 4.68 Å². The molecule has 6 nitrogen and oxygen atoms in total. The third kappa shape index (κ3) is 3.25. The molecule has 0 saturated heterocycles. The fourth-order valence-corrected chi connectivity index (χ4v) is 1.66. The summed E-state index contributed by atoms with van der Waals surface area (Å²) in [6.45, 7) is 0. The second-order valence-corrected chi connectivity index (χ2v) is 4.19. The van der Waals surface area contributed by atoms with Gasteiger partial charge in [-0.15, -0.1) is 10.2 Å². The second kappa shape index (κ2) is 4.82. The van der Waals surface area contributed by atoms with Crippen molar-refractivity contribution < 1.29 is 18.0 Å². The Morgan fingerprint density at radius 1 is 1.47 bits per heavy atom. The molecule has 1 heterocycles. The smallest absolute Gasteiger partial charge is 0.348 e. The summed E-state index contributed by atoms with van der Waals surface area (Å²) in [6.07, 6.45) is -4.66. The molecule has 2 N–H and O–H groups in total. The van der Waals surface area contributed by atoms with Gasteiger partial charge in [-0.2, -0.15) is 13.2 Å². The largest absolute Gasteiger partial charge is 0.453 e. The molecule has 0 spiro atoms. The van der Waals surface area contributed by atoms with Gasteiger partial charge in [0.25, 0.3) is 5.82 Å². The van der Waals surface area contributed by atoms with E-state index in [0.29, 0.717) is 4.68 Å². The lowest BCUT2D eigenvalue weighted by Crippen LogP contribution is -2.24. The van der Waals surface area contributed by atoms with Crippen molar-refractivity contribution in [1.29, 1.82) is 0 Å². The van der Waals surface area contributed by atoms with Gasteiger partial charge < -0.3 is 10.7 Å². The molecule has 0 bridgehead atoms. The summed E-state index contributed by atoms with van der Waals surface area (Å²) < 4.78 is 37.2. The summed E-state index contributed by atoms with van der Waals surface area (Å²) in [7, 11) is 3.08. The molecule has 1 aromatic heterocycles. The van der Waals surface area contributed by atoms with Gasteiger partial charge >= 0.3 is 6.18 Å². The van der Waals surface area contributed by atoms with E-state index in [4.69, 9.17) is 5.84 Å². The zero-order valence-corrected chi connectivity index (χ0v) is 9.84. The number of thioether (sulfide) groups is 1. The molecule has 0 atom stereocenters.